The van der Waals surface area contributed by atoms with Crippen molar-refractivity contribution in [3.63, 3.8) is 0 Å². The quantitative estimate of drug-likeness (QED) is 0.123. The molecule has 6 aromatic carbocycles. The number of nitrogens with zero attached hydrogens (tertiary/aromatic N) is 4. The zero-order chi connectivity index (χ0) is 45.5. The standard InChI is InChI=1S/C58H57FN4O.Pt/c1-55(2,3)38-19-15-18-37(28-38)45-23-17-25-50-54(45)62(43-30-40(57(7,8)9)29-41(31-43)58(10,11)12)36-61(50)42-20-16-21-44(33-42)64-52-35-51-47(34-48(52)59)46-22-13-14-24-49(46)63(51)53-32-39(26-27-60-53)56(4,5)6;/h13-32,34H,1-12H3;/q;+2. The summed E-state index contributed by atoms with van der Waals surface area (Å²) in [6.45, 7) is 26.9. The van der Waals surface area contributed by atoms with E-state index < -0.39 is 5.82 Å². The zero-order valence-corrected chi connectivity index (χ0v) is 41.8. The van der Waals surface area contributed by atoms with E-state index >= 15 is 4.39 Å². The van der Waals surface area contributed by atoms with Crippen molar-refractivity contribution in [1.82, 2.24) is 18.7 Å². The van der Waals surface area contributed by atoms with Gasteiger partial charge >= 0.3 is 32.8 Å². The van der Waals surface area contributed by atoms with Crippen molar-refractivity contribution >= 4 is 50.6 Å². The molecule has 0 aliphatic carbocycles. The molecule has 0 fully saturated rings. The SMILES string of the molecule is CC(C)(C)c1cccc(-c2cccc3c2[N+](c2cc(C(C)(C)C)cc(C(C)(C)C)c2)=C=[N+]3c2[c-]c(Oc3[c-]c4c(cc3F)c3ccccc3n4-c3cc(C(C)(C)C)ccn3)ccc2)c1.[Pt+2]. The van der Waals surface area contributed by atoms with Gasteiger partial charge in [0.15, 0.2) is 0 Å². The molecule has 0 atom stereocenters. The fraction of sp³-hybridized carbons (Fsp3) is 0.276. The van der Waals surface area contributed by atoms with Gasteiger partial charge in [0.05, 0.1) is 11.4 Å². The summed E-state index contributed by atoms with van der Waals surface area (Å²) in [5, 5.41) is 1.64. The molecule has 330 valence electrons. The van der Waals surface area contributed by atoms with Gasteiger partial charge in [0, 0.05) is 41.4 Å². The predicted molar refractivity (Wildman–Crippen MR) is 264 cm³/mol. The first kappa shape index (κ1) is 45.6. The molecule has 0 N–H and O–H groups in total. The summed E-state index contributed by atoms with van der Waals surface area (Å²) >= 11 is 0. The number of hydrogen-bond acceptors (Lipinski definition) is 2. The maximum atomic E-state index is 16.3. The van der Waals surface area contributed by atoms with Crippen molar-refractivity contribution in [1.29, 1.82) is 0 Å². The summed E-state index contributed by atoms with van der Waals surface area (Å²) in [5.74, 6) is 0.541. The molecule has 2 aromatic heterocycles. The molecule has 9 rings (SSSR count). The van der Waals surface area contributed by atoms with Crippen molar-refractivity contribution in [2.45, 2.75) is 105 Å². The number of halogens is 1. The van der Waals surface area contributed by atoms with E-state index in [2.05, 4.69) is 173 Å². The van der Waals surface area contributed by atoms with Crippen molar-refractivity contribution in [2.24, 2.45) is 0 Å². The van der Waals surface area contributed by atoms with E-state index in [0.29, 0.717) is 17.0 Å². The fourth-order valence-corrected chi connectivity index (χ4v) is 8.46. The average molecular weight is 1040 g/mol. The van der Waals surface area contributed by atoms with Crippen molar-refractivity contribution < 1.29 is 30.2 Å². The number of aromatic nitrogens is 2. The Hall–Kier alpha value is -5.93. The van der Waals surface area contributed by atoms with Crippen LogP contribution in [0.25, 0.3) is 38.8 Å². The van der Waals surface area contributed by atoms with Crippen LogP contribution in [0.4, 0.5) is 27.1 Å². The van der Waals surface area contributed by atoms with E-state index in [0.717, 1.165) is 55.9 Å². The Kier molecular flexibility index (Phi) is 11.6. The van der Waals surface area contributed by atoms with E-state index in [9.17, 15) is 0 Å². The van der Waals surface area contributed by atoms with Crippen LogP contribution in [-0.2, 0) is 42.7 Å². The minimum absolute atomic E-state index is 0. The van der Waals surface area contributed by atoms with Gasteiger partial charge in [-0.3, -0.25) is 4.39 Å². The van der Waals surface area contributed by atoms with E-state index in [1.54, 1.807) is 12.1 Å². The van der Waals surface area contributed by atoms with Gasteiger partial charge in [-0.2, -0.15) is 6.07 Å². The second kappa shape index (κ2) is 16.5. The Morgan fingerprint density at radius 1 is 0.600 bits per heavy atom. The van der Waals surface area contributed by atoms with Gasteiger partial charge in [-0.05, 0) is 83.7 Å². The second-order valence-corrected chi connectivity index (χ2v) is 21.3. The van der Waals surface area contributed by atoms with Gasteiger partial charge in [-0.25, -0.2) is 4.98 Å². The summed E-state index contributed by atoms with van der Waals surface area (Å²) in [6, 6.07) is 52.2. The van der Waals surface area contributed by atoms with E-state index in [-0.39, 0.29) is 48.5 Å². The minimum atomic E-state index is -0.517. The smallest absolute Gasteiger partial charge is 0.506 e. The molecule has 0 radical (unpaired) electrons. The largest absolute Gasteiger partial charge is 2.00 e. The third kappa shape index (κ3) is 8.67. The molecule has 65 heavy (non-hydrogen) atoms. The van der Waals surface area contributed by atoms with Crippen LogP contribution in [0, 0.1) is 17.9 Å². The number of pyridine rings is 1. The summed E-state index contributed by atoms with van der Waals surface area (Å²) < 4.78 is 29.0. The van der Waals surface area contributed by atoms with E-state index in [1.807, 2.05) is 57.8 Å². The summed E-state index contributed by atoms with van der Waals surface area (Å²) in [6.07, 6.45) is 1.83. The molecular formula is C58H57FN4OPt+2. The first-order valence-electron chi connectivity index (χ1n) is 22.2. The summed E-state index contributed by atoms with van der Waals surface area (Å²) in [7, 11) is 0. The van der Waals surface area contributed by atoms with Crippen LogP contribution in [-0.4, -0.2) is 15.6 Å². The average Bonchev–Trinajstić information content (AvgIpc) is 3.79. The molecule has 0 unspecified atom stereocenters. The first-order valence-corrected chi connectivity index (χ1v) is 22.2. The topological polar surface area (TPSA) is 33.1 Å². The fourth-order valence-electron chi connectivity index (χ4n) is 8.46. The van der Waals surface area contributed by atoms with Crippen molar-refractivity contribution in [3.8, 4) is 28.4 Å². The molecule has 0 amide bonds. The van der Waals surface area contributed by atoms with Crippen LogP contribution in [0.1, 0.15) is 105 Å². The molecule has 0 saturated carbocycles. The van der Waals surface area contributed by atoms with Crippen LogP contribution in [0.15, 0.2) is 128 Å². The number of benzene rings is 6. The van der Waals surface area contributed by atoms with Crippen molar-refractivity contribution in [3.05, 3.63) is 168 Å². The molecular weight excluding hydrogens is 983 g/mol. The molecule has 0 bridgehead atoms. The van der Waals surface area contributed by atoms with Crippen LogP contribution in [0.2, 0.25) is 0 Å². The number of para-hydroxylation sites is 2. The third-order valence-electron chi connectivity index (χ3n) is 12.3. The van der Waals surface area contributed by atoms with E-state index in [1.165, 1.54) is 16.7 Å². The molecule has 7 heteroatoms. The maximum Gasteiger partial charge on any atom is 2.00 e. The number of rotatable bonds is 6. The predicted octanol–water partition coefficient (Wildman–Crippen LogP) is 15.4. The van der Waals surface area contributed by atoms with Gasteiger partial charge in [-0.1, -0.05) is 165 Å². The molecule has 5 nitrogen and oxygen atoms in total. The van der Waals surface area contributed by atoms with E-state index in [4.69, 9.17) is 9.72 Å². The summed E-state index contributed by atoms with van der Waals surface area (Å²) in [4.78, 5) is 4.79. The van der Waals surface area contributed by atoms with Crippen LogP contribution >= 0.6 is 0 Å². The van der Waals surface area contributed by atoms with Gasteiger partial charge in [0.25, 0.3) is 5.69 Å². The minimum Gasteiger partial charge on any atom is -0.506 e. The van der Waals surface area contributed by atoms with Crippen molar-refractivity contribution in [2.75, 3.05) is 0 Å². The zero-order valence-electron chi connectivity index (χ0n) is 39.5. The Labute approximate surface area is 398 Å². The van der Waals surface area contributed by atoms with Crippen LogP contribution < -0.4 is 13.9 Å². The van der Waals surface area contributed by atoms with Crippen LogP contribution in [0.3, 0.4) is 0 Å². The monoisotopic (exact) mass is 1040 g/mol. The summed E-state index contributed by atoms with van der Waals surface area (Å²) in [5.41, 5.74) is 12.1. The van der Waals surface area contributed by atoms with Gasteiger partial charge in [0.2, 0.25) is 5.69 Å². The van der Waals surface area contributed by atoms with Gasteiger partial charge in [0.1, 0.15) is 11.5 Å². The second-order valence-electron chi connectivity index (χ2n) is 21.3. The molecule has 1 aliphatic rings. The van der Waals surface area contributed by atoms with Gasteiger partial charge < -0.3 is 9.30 Å². The molecule has 8 aromatic rings. The normalized spacial score (nSPS) is 13.1. The Bertz CT molecular complexity index is 3200. The number of ether oxygens (including phenoxy) is 1. The maximum absolute atomic E-state index is 16.3. The Morgan fingerprint density at radius 3 is 1.94 bits per heavy atom. The Balaban J connectivity index is 0.00000576. The molecule has 3 heterocycles. The Morgan fingerprint density at radius 2 is 1.25 bits per heavy atom. The molecule has 0 saturated heterocycles. The van der Waals surface area contributed by atoms with Crippen LogP contribution in [0.5, 0.6) is 11.5 Å². The van der Waals surface area contributed by atoms with Gasteiger partial charge in [-0.15, -0.1) is 18.2 Å². The number of fused-ring (bicyclic) bond motifs is 4. The first-order chi connectivity index (χ1) is 30.1. The number of hydrogen-bond donors (Lipinski definition) is 0. The molecule has 1 aliphatic heterocycles. The molecule has 0 spiro atoms. The third-order valence-corrected chi connectivity index (χ3v) is 12.3.